The summed E-state index contributed by atoms with van der Waals surface area (Å²) in [5, 5.41) is 21.8. The molecule has 2 rings (SSSR count). The van der Waals surface area contributed by atoms with Crippen molar-refractivity contribution in [3.63, 3.8) is 0 Å². The number of ether oxygens (including phenoxy) is 4. The lowest BCUT2D eigenvalue weighted by atomic mass is 9.83. The molecule has 2 aromatic rings. The summed E-state index contributed by atoms with van der Waals surface area (Å²) in [6.45, 7) is 12.1. The van der Waals surface area contributed by atoms with Gasteiger partial charge >= 0.3 is 0 Å². The van der Waals surface area contributed by atoms with Crippen LogP contribution in [-0.2, 0) is 22.7 Å². The minimum absolute atomic E-state index is 0.0820. The van der Waals surface area contributed by atoms with Crippen LogP contribution in [0, 0.1) is 29.6 Å². The largest absolute Gasteiger partial charge is 0.497 e. The van der Waals surface area contributed by atoms with E-state index in [-0.39, 0.29) is 23.9 Å². The Kier molecular flexibility index (Phi) is 17.0. The van der Waals surface area contributed by atoms with Crippen LogP contribution < -0.4 is 9.47 Å². The molecule has 6 nitrogen and oxygen atoms in total. The third-order valence-electron chi connectivity index (χ3n) is 8.32. The van der Waals surface area contributed by atoms with E-state index in [1.54, 1.807) is 14.2 Å². The van der Waals surface area contributed by atoms with E-state index in [1.165, 1.54) is 0 Å². The molecule has 0 saturated heterocycles. The first-order valence-corrected chi connectivity index (χ1v) is 16.4. The van der Waals surface area contributed by atoms with Crippen LogP contribution in [0.4, 0.5) is 0 Å². The van der Waals surface area contributed by atoms with Gasteiger partial charge in [-0.05, 0) is 70.6 Å². The van der Waals surface area contributed by atoms with E-state index in [0.29, 0.717) is 38.1 Å². The van der Waals surface area contributed by atoms with Gasteiger partial charge in [-0.1, -0.05) is 87.6 Å². The molecule has 0 aromatic heterocycles. The maximum atomic E-state index is 10.9. The monoisotopic (exact) mass is 696 g/mol. The van der Waals surface area contributed by atoms with Gasteiger partial charge in [0.15, 0.2) is 0 Å². The normalized spacial score (nSPS) is 17.7. The van der Waals surface area contributed by atoms with Gasteiger partial charge in [0.2, 0.25) is 0 Å². The van der Waals surface area contributed by atoms with E-state index in [1.807, 2.05) is 62.4 Å². The number of benzene rings is 2. The summed E-state index contributed by atoms with van der Waals surface area (Å²) in [4.78, 5) is 0. The molecule has 0 spiro atoms. The van der Waals surface area contributed by atoms with Gasteiger partial charge in [0, 0.05) is 17.8 Å². The molecule has 0 bridgehead atoms. The number of hydrogen-bond acceptors (Lipinski definition) is 6. The second kappa shape index (κ2) is 19.6. The van der Waals surface area contributed by atoms with E-state index >= 15 is 0 Å². The molecule has 0 amide bonds. The van der Waals surface area contributed by atoms with Crippen molar-refractivity contribution < 1.29 is 29.2 Å². The fraction of sp³-hybridized carbons (Fsp3) is 0.600. The average Bonchev–Trinajstić information content (AvgIpc) is 2.99. The molecule has 0 unspecified atom stereocenters. The summed E-state index contributed by atoms with van der Waals surface area (Å²) >= 11 is 2.27. The van der Waals surface area contributed by atoms with Crippen LogP contribution in [0.3, 0.4) is 0 Å². The fourth-order valence-corrected chi connectivity index (χ4v) is 6.16. The number of rotatable bonds is 20. The van der Waals surface area contributed by atoms with Crippen LogP contribution in [0.5, 0.6) is 11.5 Å². The third kappa shape index (κ3) is 12.5. The molecule has 0 fully saturated rings. The van der Waals surface area contributed by atoms with E-state index in [4.69, 9.17) is 18.9 Å². The Morgan fingerprint density at radius 3 is 1.83 bits per heavy atom. The lowest BCUT2D eigenvalue weighted by molar-refractivity contribution is -0.0390. The highest BCUT2D eigenvalue weighted by Gasteiger charge is 2.29. The molecule has 2 N–H and O–H groups in total. The summed E-state index contributed by atoms with van der Waals surface area (Å²) in [5.74, 6) is 2.41. The van der Waals surface area contributed by atoms with Gasteiger partial charge in [0.05, 0.1) is 52.4 Å². The molecule has 0 radical (unpaired) electrons. The maximum absolute atomic E-state index is 10.9. The Bertz CT molecular complexity index is 1010. The van der Waals surface area contributed by atoms with Crippen molar-refractivity contribution >= 4 is 22.6 Å². The van der Waals surface area contributed by atoms with Crippen molar-refractivity contribution in [3.8, 4) is 11.5 Å². The zero-order chi connectivity index (χ0) is 31.1. The van der Waals surface area contributed by atoms with Crippen LogP contribution >= 0.6 is 22.6 Å². The lowest BCUT2D eigenvalue weighted by Crippen LogP contribution is -2.36. The molecule has 0 aliphatic heterocycles. The Hall–Kier alpha value is -1.65. The summed E-state index contributed by atoms with van der Waals surface area (Å²) < 4.78 is 24.9. The second-order valence-electron chi connectivity index (χ2n) is 12.0. The zero-order valence-electron chi connectivity index (χ0n) is 26.5. The maximum Gasteiger partial charge on any atom is 0.118 e. The number of halogens is 1. The van der Waals surface area contributed by atoms with Gasteiger partial charge in [0.1, 0.15) is 11.5 Å². The molecule has 2 aromatic carbocycles. The highest BCUT2D eigenvalue weighted by atomic mass is 127. The van der Waals surface area contributed by atoms with Gasteiger partial charge in [-0.3, -0.25) is 0 Å². The van der Waals surface area contributed by atoms with Gasteiger partial charge in [-0.15, -0.1) is 0 Å². The Morgan fingerprint density at radius 2 is 1.31 bits per heavy atom. The van der Waals surface area contributed by atoms with Crippen molar-refractivity contribution in [3.05, 3.63) is 69.8 Å². The molecule has 0 aliphatic carbocycles. The summed E-state index contributed by atoms with van der Waals surface area (Å²) in [6, 6.07) is 15.8. The molecule has 7 heteroatoms. The van der Waals surface area contributed by atoms with Crippen LogP contribution in [0.2, 0.25) is 0 Å². The summed E-state index contributed by atoms with van der Waals surface area (Å²) in [7, 11) is 3.32. The van der Waals surface area contributed by atoms with E-state index in [0.717, 1.165) is 35.5 Å². The minimum atomic E-state index is -0.637. The number of hydrogen-bond donors (Lipinski definition) is 2. The highest BCUT2D eigenvalue weighted by molar-refractivity contribution is 14.1. The number of methoxy groups -OCH3 is 2. The number of aliphatic hydroxyl groups is 2. The Balaban J connectivity index is 1.80. The number of aliphatic hydroxyl groups excluding tert-OH is 2. The first kappa shape index (κ1) is 36.5. The van der Waals surface area contributed by atoms with Crippen LogP contribution in [0.15, 0.2) is 58.7 Å². The van der Waals surface area contributed by atoms with Crippen LogP contribution in [0.25, 0.3) is 0 Å². The quantitative estimate of drug-likeness (QED) is 0.138. The summed E-state index contributed by atoms with van der Waals surface area (Å²) in [6.07, 6.45) is 3.65. The predicted molar refractivity (Wildman–Crippen MR) is 179 cm³/mol. The first-order chi connectivity index (χ1) is 20.1. The molecule has 236 valence electrons. The molecule has 8 atom stereocenters. The second-order valence-corrected chi connectivity index (χ2v) is 12.7. The average molecular weight is 697 g/mol. The predicted octanol–water partition coefficient (Wildman–Crippen LogP) is 7.83. The van der Waals surface area contributed by atoms with Gasteiger partial charge in [0.25, 0.3) is 0 Å². The minimum Gasteiger partial charge on any atom is -0.497 e. The Labute approximate surface area is 267 Å². The van der Waals surface area contributed by atoms with Crippen LogP contribution in [-0.4, -0.2) is 49.4 Å². The molecular weight excluding hydrogens is 643 g/mol. The van der Waals surface area contributed by atoms with Crippen molar-refractivity contribution in [2.75, 3.05) is 20.8 Å². The first-order valence-electron chi connectivity index (χ1n) is 15.2. The smallest absolute Gasteiger partial charge is 0.118 e. The van der Waals surface area contributed by atoms with Gasteiger partial charge in [-0.2, -0.15) is 0 Å². The lowest BCUT2D eigenvalue weighted by Gasteiger charge is -2.31. The van der Waals surface area contributed by atoms with Gasteiger partial charge in [-0.25, -0.2) is 0 Å². The molecule has 0 aliphatic rings. The van der Waals surface area contributed by atoms with Crippen molar-refractivity contribution in [2.45, 2.75) is 85.4 Å². The standard InChI is InChI=1S/C35H53IO6/c1-24(20-26(3)35(25(2)18-19-36)42-23-30-11-15-32(40-7)16-12-30)8-17-33(37)28(5)34(38)27(4)21-41-22-29-9-13-31(39-6)14-10-29/h9-16,18-19,24-28,33-35,37-38H,8,17,20-23H2,1-7H3/b19-18-/t24-,25-,26-,27-,28-,33+,34-,35-/m0/s1. The van der Waals surface area contributed by atoms with E-state index < -0.39 is 12.2 Å². The van der Waals surface area contributed by atoms with E-state index in [9.17, 15) is 10.2 Å². The zero-order valence-corrected chi connectivity index (χ0v) is 28.7. The molecule has 42 heavy (non-hydrogen) atoms. The fourth-order valence-electron chi connectivity index (χ4n) is 5.51. The Morgan fingerprint density at radius 1 is 0.762 bits per heavy atom. The molecule has 0 heterocycles. The summed E-state index contributed by atoms with van der Waals surface area (Å²) in [5.41, 5.74) is 2.18. The van der Waals surface area contributed by atoms with E-state index in [2.05, 4.69) is 53.5 Å². The molecule has 0 saturated carbocycles. The van der Waals surface area contributed by atoms with Crippen molar-refractivity contribution in [1.82, 2.24) is 0 Å². The van der Waals surface area contributed by atoms with Crippen LogP contribution in [0.1, 0.15) is 65.0 Å². The van der Waals surface area contributed by atoms with Gasteiger partial charge < -0.3 is 29.2 Å². The highest BCUT2D eigenvalue weighted by Crippen LogP contribution is 2.29. The SMILES string of the molecule is COc1ccc(COC[C@H](C)[C@H](O)[C@@H](C)[C@H](O)CC[C@H](C)C[C@H](C)[C@@H](OCc2ccc(OC)cc2)[C@@H](C)/C=C\I)cc1. The van der Waals surface area contributed by atoms with Crippen molar-refractivity contribution in [2.24, 2.45) is 29.6 Å². The van der Waals surface area contributed by atoms with Crippen molar-refractivity contribution in [1.29, 1.82) is 0 Å². The third-order valence-corrected chi connectivity index (χ3v) is 8.74. The topological polar surface area (TPSA) is 77.4 Å². The molecular formula is C35H53IO6.